The number of rotatable bonds is 7. The summed E-state index contributed by atoms with van der Waals surface area (Å²) in [5, 5.41) is 0.215. The van der Waals surface area contributed by atoms with Gasteiger partial charge in [-0.3, -0.25) is 14.5 Å². The molecule has 1 saturated heterocycles. The molecule has 1 aliphatic heterocycles. The van der Waals surface area contributed by atoms with Crippen LogP contribution in [0.4, 0.5) is 4.79 Å². The third-order valence-electron chi connectivity index (χ3n) is 5.00. The summed E-state index contributed by atoms with van der Waals surface area (Å²) in [5.74, 6) is -0.282. The standard InChI is InChI=1S/C26H19Cl2NO5S/c1-16-5-4-6-19(13-16)33-12-11-29-24(30)23(35-26(29)32)15-17-14-18(27)9-10-22(17)34-25(31)20-7-2-3-8-21(20)28/h2-10,13-15H,11-12H2,1H3/b23-15-. The number of nitrogens with zero attached hydrogens (tertiary/aromatic N) is 1. The molecule has 1 fully saturated rings. The van der Waals surface area contributed by atoms with E-state index in [0.29, 0.717) is 16.3 Å². The molecule has 9 heteroatoms. The molecular formula is C26H19Cl2NO5S. The Morgan fingerprint density at radius 1 is 1.03 bits per heavy atom. The number of amides is 2. The third kappa shape index (κ3) is 6.06. The van der Waals surface area contributed by atoms with Crippen molar-refractivity contribution in [3.8, 4) is 11.5 Å². The highest BCUT2D eigenvalue weighted by Gasteiger charge is 2.35. The maximum Gasteiger partial charge on any atom is 0.345 e. The first-order valence-electron chi connectivity index (χ1n) is 10.5. The highest BCUT2D eigenvalue weighted by Crippen LogP contribution is 2.35. The second-order valence-electron chi connectivity index (χ2n) is 7.55. The molecule has 3 aromatic rings. The molecule has 0 saturated carbocycles. The van der Waals surface area contributed by atoms with Crippen LogP contribution >= 0.6 is 35.0 Å². The van der Waals surface area contributed by atoms with E-state index >= 15 is 0 Å². The predicted molar refractivity (Wildman–Crippen MR) is 137 cm³/mol. The summed E-state index contributed by atoms with van der Waals surface area (Å²) in [7, 11) is 0. The van der Waals surface area contributed by atoms with Gasteiger partial charge in [-0.2, -0.15) is 0 Å². The summed E-state index contributed by atoms with van der Waals surface area (Å²) in [6.45, 7) is 2.20. The average molecular weight is 528 g/mol. The van der Waals surface area contributed by atoms with Crippen LogP contribution in [0.25, 0.3) is 6.08 Å². The first-order chi connectivity index (χ1) is 16.8. The fraction of sp³-hybridized carbons (Fsp3) is 0.115. The van der Waals surface area contributed by atoms with Gasteiger partial charge >= 0.3 is 5.97 Å². The van der Waals surface area contributed by atoms with Crippen LogP contribution in [0, 0.1) is 6.92 Å². The molecule has 1 heterocycles. The number of hydrogen-bond donors (Lipinski definition) is 0. The van der Waals surface area contributed by atoms with Crippen molar-refractivity contribution in [1.82, 2.24) is 4.90 Å². The van der Waals surface area contributed by atoms with E-state index in [1.807, 2.05) is 31.2 Å². The van der Waals surface area contributed by atoms with E-state index < -0.39 is 17.1 Å². The summed E-state index contributed by atoms with van der Waals surface area (Å²) in [6.07, 6.45) is 1.48. The number of benzene rings is 3. The van der Waals surface area contributed by atoms with Crippen LogP contribution in [-0.4, -0.2) is 35.2 Å². The van der Waals surface area contributed by atoms with Gasteiger partial charge < -0.3 is 9.47 Å². The number of hydrogen-bond acceptors (Lipinski definition) is 6. The van der Waals surface area contributed by atoms with Crippen molar-refractivity contribution in [1.29, 1.82) is 0 Å². The van der Waals surface area contributed by atoms with Crippen molar-refractivity contribution in [3.63, 3.8) is 0 Å². The molecule has 2 amide bonds. The van der Waals surface area contributed by atoms with Crippen LogP contribution in [0.3, 0.4) is 0 Å². The molecule has 0 aromatic heterocycles. The smallest absolute Gasteiger partial charge is 0.345 e. The van der Waals surface area contributed by atoms with Crippen molar-refractivity contribution in [2.24, 2.45) is 0 Å². The number of ether oxygens (including phenoxy) is 2. The van der Waals surface area contributed by atoms with Crippen molar-refractivity contribution in [2.75, 3.05) is 13.2 Å². The van der Waals surface area contributed by atoms with Gasteiger partial charge in [0.1, 0.15) is 18.1 Å². The van der Waals surface area contributed by atoms with Gasteiger partial charge in [-0.15, -0.1) is 0 Å². The zero-order valence-corrected chi connectivity index (χ0v) is 20.8. The second-order valence-corrected chi connectivity index (χ2v) is 9.39. The quantitative estimate of drug-likeness (QED) is 0.195. The predicted octanol–water partition coefficient (Wildman–Crippen LogP) is 6.64. The van der Waals surface area contributed by atoms with Gasteiger partial charge in [0.05, 0.1) is 22.0 Å². The van der Waals surface area contributed by atoms with E-state index in [2.05, 4.69) is 0 Å². The van der Waals surface area contributed by atoms with Gasteiger partial charge in [0, 0.05) is 10.6 Å². The first-order valence-corrected chi connectivity index (χ1v) is 12.1. The molecule has 0 aliphatic carbocycles. The molecule has 4 rings (SSSR count). The van der Waals surface area contributed by atoms with Crippen LogP contribution in [-0.2, 0) is 4.79 Å². The van der Waals surface area contributed by atoms with Crippen molar-refractivity contribution < 1.29 is 23.9 Å². The average Bonchev–Trinajstić information content (AvgIpc) is 3.08. The summed E-state index contributed by atoms with van der Waals surface area (Å²) in [4.78, 5) is 39.3. The monoisotopic (exact) mass is 527 g/mol. The number of halogens is 2. The lowest BCUT2D eigenvalue weighted by atomic mass is 10.1. The Bertz CT molecular complexity index is 1340. The molecule has 0 bridgehead atoms. The van der Waals surface area contributed by atoms with Crippen molar-refractivity contribution >= 4 is 58.2 Å². The maximum absolute atomic E-state index is 12.9. The summed E-state index contributed by atoms with van der Waals surface area (Å²) >= 11 is 13.0. The molecule has 0 spiro atoms. The summed E-state index contributed by atoms with van der Waals surface area (Å²) in [5.41, 5.74) is 1.62. The van der Waals surface area contributed by atoms with Gasteiger partial charge in [-0.25, -0.2) is 4.79 Å². The Balaban J connectivity index is 1.49. The normalized spacial score (nSPS) is 14.5. The van der Waals surface area contributed by atoms with E-state index in [1.165, 1.54) is 12.1 Å². The van der Waals surface area contributed by atoms with Crippen LogP contribution in [0.15, 0.2) is 71.6 Å². The number of aryl methyl sites for hydroxylation is 1. The van der Waals surface area contributed by atoms with E-state index in [4.69, 9.17) is 32.7 Å². The molecule has 3 aromatic carbocycles. The minimum atomic E-state index is -0.658. The molecule has 0 atom stereocenters. The number of esters is 1. The lowest BCUT2D eigenvalue weighted by Gasteiger charge is -2.13. The number of carbonyl (C=O) groups is 3. The third-order valence-corrected chi connectivity index (χ3v) is 6.47. The van der Waals surface area contributed by atoms with Gasteiger partial charge in [-0.1, -0.05) is 47.5 Å². The Kier molecular flexibility index (Phi) is 7.80. The maximum atomic E-state index is 12.9. The van der Waals surface area contributed by atoms with Crippen LogP contribution < -0.4 is 9.47 Å². The fourth-order valence-electron chi connectivity index (χ4n) is 3.30. The molecule has 1 aliphatic rings. The van der Waals surface area contributed by atoms with Crippen molar-refractivity contribution in [2.45, 2.75) is 6.92 Å². The van der Waals surface area contributed by atoms with E-state index in [9.17, 15) is 14.4 Å². The van der Waals surface area contributed by atoms with Gasteiger partial charge in [0.25, 0.3) is 11.1 Å². The Morgan fingerprint density at radius 2 is 1.83 bits per heavy atom. The molecule has 178 valence electrons. The molecule has 6 nitrogen and oxygen atoms in total. The Labute approximate surface area is 216 Å². The fourth-order valence-corrected chi connectivity index (χ4v) is 4.55. The second kappa shape index (κ2) is 11.0. The summed E-state index contributed by atoms with van der Waals surface area (Å²) in [6, 6.07) is 18.6. The Morgan fingerprint density at radius 3 is 2.60 bits per heavy atom. The Hall–Kier alpha value is -3.26. The van der Waals surface area contributed by atoms with E-state index in [-0.39, 0.29) is 34.4 Å². The number of carbonyl (C=O) groups excluding carboxylic acids is 3. The minimum absolute atomic E-state index is 0.0971. The SMILES string of the molecule is Cc1cccc(OCCN2C(=O)S/C(=C\c3cc(Cl)ccc3OC(=O)c3ccccc3Cl)C2=O)c1. The lowest BCUT2D eigenvalue weighted by molar-refractivity contribution is -0.123. The zero-order chi connectivity index (χ0) is 24.9. The minimum Gasteiger partial charge on any atom is -0.492 e. The number of imide groups is 1. The topological polar surface area (TPSA) is 72.9 Å². The highest BCUT2D eigenvalue weighted by molar-refractivity contribution is 8.18. The van der Waals surface area contributed by atoms with Crippen LogP contribution in [0.5, 0.6) is 11.5 Å². The van der Waals surface area contributed by atoms with Crippen molar-refractivity contribution in [3.05, 3.63) is 98.4 Å². The van der Waals surface area contributed by atoms with Gasteiger partial charge in [0.15, 0.2) is 0 Å². The van der Waals surface area contributed by atoms with Crippen LogP contribution in [0.1, 0.15) is 21.5 Å². The molecule has 0 unspecified atom stereocenters. The van der Waals surface area contributed by atoms with E-state index in [0.717, 1.165) is 22.2 Å². The highest BCUT2D eigenvalue weighted by atomic mass is 35.5. The van der Waals surface area contributed by atoms with E-state index in [1.54, 1.807) is 36.4 Å². The summed E-state index contributed by atoms with van der Waals surface area (Å²) < 4.78 is 11.2. The zero-order valence-electron chi connectivity index (χ0n) is 18.5. The van der Waals surface area contributed by atoms with Crippen LogP contribution in [0.2, 0.25) is 10.0 Å². The molecule has 0 N–H and O–H groups in total. The molecule has 0 radical (unpaired) electrons. The number of thioether (sulfide) groups is 1. The molecular weight excluding hydrogens is 509 g/mol. The first kappa shape index (κ1) is 24.9. The molecule has 35 heavy (non-hydrogen) atoms. The lowest BCUT2D eigenvalue weighted by Crippen LogP contribution is -2.32. The van der Waals surface area contributed by atoms with Gasteiger partial charge in [-0.05, 0) is 72.8 Å². The largest absolute Gasteiger partial charge is 0.492 e. The van der Waals surface area contributed by atoms with Gasteiger partial charge in [0.2, 0.25) is 0 Å².